The van der Waals surface area contributed by atoms with Gasteiger partial charge in [0.05, 0.1) is 7.11 Å². The van der Waals surface area contributed by atoms with Gasteiger partial charge in [-0.25, -0.2) is 0 Å². The maximum absolute atomic E-state index is 5.79. The average Bonchev–Trinajstić information content (AvgIpc) is 2.14. The molecule has 0 heterocycles. The van der Waals surface area contributed by atoms with Crippen LogP contribution in [0.1, 0.15) is 13.8 Å². The minimum Gasteiger partial charge on any atom is -0.497 e. The van der Waals surface area contributed by atoms with Crippen molar-refractivity contribution in [2.75, 3.05) is 13.7 Å². The first kappa shape index (κ1) is 10.9. The van der Waals surface area contributed by atoms with Gasteiger partial charge in [-0.15, -0.1) is 0 Å². The van der Waals surface area contributed by atoms with Crippen LogP contribution in [-0.2, 0) is 0 Å². The topological polar surface area (TPSA) is 44.5 Å². The molecule has 0 atom stereocenters. The van der Waals surface area contributed by atoms with E-state index in [0.29, 0.717) is 6.61 Å². The van der Waals surface area contributed by atoms with E-state index in [9.17, 15) is 0 Å². The van der Waals surface area contributed by atoms with Crippen molar-refractivity contribution in [1.29, 1.82) is 0 Å². The van der Waals surface area contributed by atoms with Crippen molar-refractivity contribution in [3.63, 3.8) is 0 Å². The Morgan fingerprint density at radius 1 is 1.14 bits per heavy atom. The van der Waals surface area contributed by atoms with Crippen LogP contribution < -0.4 is 15.2 Å². The van der Waals surface area contributed by atoms with E-state index in [1.54, 1.807) is 7.11 Å². The number of hydrogen-bond acceptors (Lipinski definition) is 3. The van der Waals surface area contributed by atoms with Gasteiger partial charge in [0, 0.05) is 5.54 Å². The van der Waals surface area contributed by atoms with E-state index in [1.165, 1.54) is 0 Å². The molecule has 0 saturated carbocycles. The molecule has 0 aromatic heterocycles. The fourth-order valence-corrected chi connectivity index (χ4v) is 0.941. The maximum Gasteiger partial charge on any atom is 0.119 e. The van der Waals surface area contributed by atoms with E-state index in [2.05, 4.69) is 0 Å². The van der Waals surface area contributed by atoms with E-state index in [1.807, 2.05) is 38.1 Å². The highest BCUT2D eigenvalue weighted by atomic mass is 16.5. The van der Waals surface area contributed by atoms with E-state index >= 15 is 0 Å². The molecule has 78 valence electrons. The Morgan fingerprint density at radius 3 is 2.07 bits per heavy atom. The lowest BCUT2D eigenvalue weighted by atomic mass is 10.1. The van der Waals surface area contributed by atoms with Gasteiger partial charge in [-0.2, -0.15) is 0 Å². The molecule has 0 aliphatic heterocycles. The molecule has 1 aromatic rings. The minimum absolute atomic E-state index is 0.306. The second-order valence-corrected chi connectivity index (χ2v) is 3.95. The predicted molar refractivity (Wildman–Crippen MR) is 56.8 cm³/mol. The first-order chi connectivity index (χ1) is 6.51. The van der Waals surface area contributed by atoms with Crippen LogP contribution in [0.5, 0.6) is 11.5 Å². The lowest BCUT2D eigenvalue weighted by Crippen LogP contribution is -2.38. The molecule has 1 rings (SSSR count). The summed E-state index contributed by atoms with van der Waals surface area (Å²) in [7, 11) is 1.64. The molecule has 0 radical (unpaired) electrons. The number of ether oxygens (including phenoxy) is 2. The molecule has 3 nitrogen and oxygen atoms in total. The second-order valence-electron chi connectivity index (χ2n) is 3.95. The summed E-state index contributed by atoms with van der Waals surface area (Å²) in [5.74, 6) is 1.63. The van der Waals surface area contributed by atoms with E-state index in [-0.39, 0.29) is 5.54 Å². The van der Waals surface area contributed by atoms with Crippen LogP contribution in [0.25, 0.3) is 0 Å². The standard InChI is InChI=1S/C11H17NO2/c1-11(2,12)8-14-10-6-4-9(13-3)5-7-10/h4-7H,8,12H2,1-3H3. The summed E-state index contributed by atoms with van der Waals surface area (Å²) in [6, 6.07) is 7.45. The number of benzene rings is 1. The molecule has 0 aliphatic carbocycles. The Labute approximate surface area is 84.8 Å². The minimum atomic E-state index is -0.306. The van der Waals surface area contributed by atoms with Gasteiger partial charge in [0.2, 0.25) is 0 Å². The molecule has 0 bridgehead atoms. The van der Waals surface area contributed by atoms with Crippen LogP contribution in [0.4, 0.5) is 0 Å². The highest BCUT2D eigenvalue weighted by Gasteiger charge is 2.11. The third-order valence-corrected chi connectivity index (χ3v) is 1.67. The fraction of sp³-hybridized carbons (Fsp3) is 0.455. The van der Waals surface area contributed by atoms with Crippen molar-refractivity contribution >= 4 is 0 Å². The zero-order valence-corrected chi connectivity index (χ0v) is 8.91. The predicted octanol–water partition coefficient (Wildman–Crippen LogP) is 1.81. The Morgan fingerprint density at radius 2 is 1.64 bits per heavy atom. The van der Waals surface area contributed by atoms with E-state index in [0.717, 1.165) is 11.5 Å². The lowest BCUT2D eigenvalue weighted by molar-refractivity contribution is 0.243. The summed E-state index contributed by atoms with van der Waals surface area (Å²) in [4.78, 5) is 0. The van der Waals surface area contributed by atoms with Crippen molar-refractivity contribution < 1.29 is 9.47 Å². The molecule has 14 heavy (non-hydrogen) atoms. The molecule has 0 saturated heterocycles. The molecule has 0 amide bonds. The number of nitrogens with two attached hydrogens (primary N) is 1. The van der Waals surface area contributed by atoms with Crippen molar-refractivity contribution in [2.45, 2.75) is 19.4 Å². The summed E-state index contributed by atoms with van der Waals surface area (Å²) >= 11 is 0. The zero-order valence-electron chi connectivity index (χ0n) is 8.91. The van der Waals surface area contributed by atoms with Crippen LogP contribution in [0, 0.1) is 0 Å². The quantitative estimate of drug-likeness (QED) is 0.797. The van der Waals surface area contributed by atoms with Gasteiger partial charge >= 0.3 is 0 Å². The molecule has 2 N–H and O–H groups in total. The Bertz CT molecular complexity index is 274. The van der Waals surface area contributed by atoms with Crippen LogP contribution in [-0.4, -0.2) is 19.3 Å². The molecular weight excluding hydrogens is 178 g/mol. The normalized spacial score (nSPS) is 11.1. The highest BCUT2D eigenvalue weighted by Crippen LogP contribution is 2.17. The van der Waals surface area contributed by atoms with E-state index in [4.69, 9.17) is 15.2 Å². The lowest BCUT2D eigenvalue weighted by Gasteiger charge is -2.18. The van der Waals surface area contributed by atoms with Crippen molar-refractivity contribution in [2.24, 2.45) is 5.73 Å². The van der Waals surface area contributed by atoms with Gasteiger partial charge < -0.3 is 15.2 Å². The third-order valence-electron chi connectivity index (χ3n) is 1.67. The SMILES string of the molecule is COc1ccc(OCC(C)(C)N)cc1. The second kappa shape index (κ2) is 4.33. The van der Waals surface area contributed by atoms with Gasteiger partial charge in [-0.1, -0.05) is 0 Å². The summed E-state index contributed by atoms with van der Waals surface area (Å²) in [6.45, 7) is 4.35. The summed E-state index contributed by atoms with van der Waals surface area (Å²) in [6.07, 6.45) is 0. The smallest absolute Gasteiger partial charge is 0.119 e. The summed E-state index contributed by atoms with van der Waals surface area (Å²) in [5.41, 5.74) is 5.48. The Kier molecular flexibility index (Phi) is 3.36. The van der Waals surface area contributed by atoms with Gasteiger partial charge in [0.25, 0.3) is 0 Å². The monoisotopic (exact) mass is 195 g/mol. The van der Waals surface area contributed by atoms with Crippen LogP contribution >= 0.6 is 0 Å². The third kappa shape index (κ3) is 3.66. The molecular formula is C11H17NO2. The maximum atomic E-state index is 5.79. The molecule has 1 aromatic carbocycles. The van der Waals surface area contributed by atoms with Gasteiger partial charge in [0.15, 0.2) is 0 Å². The first-order valence-electron chi connectivity index (χ1n) is 4.57. The molecule has 0 unspecified atom stereocenters. The molecule has 0 spiro atoms. The zero-order chi connectivity index (χ0) is 10.6. The molecule has 0 aliphatic rings. The largest absolute Gasteiger partial charge is 0.497 e. The highest BCUT2D eigenvalue weighted by molar-refractivity contribution is 5.31. The van der Waals surface area contributed by atoms with Crippen LogP contribution in [0.15, 0.2) is 24.3 Å². The van der Waals surface area contributed by atoms with Crippen molar-refractivity contribution in [3.8, 4) is 11.5 Å². The number of methoxy groups -OCH3 is 1. The van der Waals surface area contributed by atoms with Gasteiger partial charge in [-0.3, -0.25) is 0 Å². The van der Waals surface area contributed by atoms with Crippen LogP contribution in [0.2, 0.25) is 0 Å². The van der Waals surface area contributed by atoms with Gasteiger partial charge in [0.1, 0.15) is 18.1 Å². The Balaban J connectivity index is 2.52. The number of rotatable bonds is 4. The molecule has 3 heteroatoms. The summed E-state index contributed by atoms with van der Waals surface area (Å²) < 4.78 is 10.5. The fourth-order valence-electron chi connectivity index (χ4n) is 0.941. The van der Waals surface area contributed by atoms with Crippen molar-refractivity contribution in [1.82, 2.24) is 0 Å². The number of hydrogen-bond donors (Lipinski definition) is 1. The van der Waals surface area contributed by atoms with Crippen LogP contribution in [0.3, 0.4) is 0 Å². The first-order valence-corrected chi connectivity index (χ1v) is 4.57. The van der Waals surface area contributed by atoms with E-state index < -0.39 is 0 Å². The average molecular weight is 195 g/mol. The Hall–Kier alpha value is -1.22. The molecule has 0 fully saturated rings. The van der Waals surface area contributed by atoms with Gasteiger partial charge in [-0.05, 0) is 38.1 Å². The summed E-state index contributed by atoms with van der Waals surface area (Å²) in [5, 5.41) is 0. The van der Waals surface area contributed by atoms with Crippen molar-refractivity contribution in [3.05, 3.63) is 24.3 Å².